The normalized spacial score (nSPS) is 10.1. The van der Waals surface area contributed by atoms with Gasteiger partial charge in [-0.3, -0.25) is 0 Å². The van der Waals surface area contributed by atoms with E-state index >= 15 is 0 Å². The number of nitriles is 1. The highest BCUT2D eigenvalue weighted by molar-refractivity contribution is 6.00. The van der Waals surface area contributed by atoms with Gasteiger partial charge in [0.25, 0.3) is 0 Å². The van der Waals surface area contributed by atoms with Crippen molar-refractivity contribution >= 4 is 22.7 Å². The summed E-state index contributed by atoms with van der Waals surface area (Å²) in [7, 11) is 1.26. The predicted octanol–water partition coefficient (Wildman–Crippen LogP) is 3.72. The topological polar surface area (TPSA) is 76.4 Å². The predicted molar refractivity (Wildman–Crippen MR) is 91.4 cm³/mol. The fourth-order valence-electron chi connectivity index (χ4n) is 2.45. The van der Waals surface area contributed by atoms with Crippen LogP contribution in [0.1, 0.15) is 26.3 Å². The van der Waals surface area contributed by atoms with Crippen molar-refractivity contribution in [1.82, 2.24) is 0 Å². The molecule has 0 fully saturated rings. The number of rotatable bonds is 3. The van der Waals surface area contributed by atoms with Crippen molar-refractivity contribution < 1.29 is 19.1 Å². The van der Waals surface area contributed by atoms with Crippen molar-refractivity contribution in [2.24, 2.45) is 0 Å². The maximum Gasteiger partial charge on any atom is 0.343 e. The third kappa shape index (κ3) is 3.33. The van der Waals surface area contributed by atoms with E-state index in [9.17, 15) is 9.59 Å². The maximum atomic E-state index is 12.4. The number of hydrogen-bond acceptors (Lipinski definition) is 5. The van der Waals surface area contributed by atoms with Gasteiger partial charge in [-0.2, -0.15) is 5.26 Å². The molecule has 0 saturated heterocycles. The largest absolute Gasteiger partial charge is 0.465 e. The molecule has 0 aromatic heterocycles. The minimum absolute atomic E-state index is 0.109. The highest BCUT2D eigenvalue weighted by Gasteiger charge is 2.18. The molecule has 0 aliphatic rings. The smallest absolute Gasteiger partial charge is 0.343 e. The van der Waals surface area contributed by atoms with Gasteiger partial charge < -0.3 is 9.47 Å². The van der Waals surface area contributed by atoms with Crippen LogP contribution in [0.15, 0.2) is 60.7 Å². The van der Waals surface area contributed by atoms with Gasteiger partial charge in [0.1, 0.15) is 11.3 Å². The average Bonchev–Trinajstić information content (AvgIpc) is 2.66. The van der Waals surface area contributed by atoms with E-state index in [1.54, 1.807) is 30.3 Å². The second kappa shape index (κ2) is 6.85. The van der Waals surface area contributed by atoms with Crippen molar-refractivity contribution in [2.45, 2.75) is 0 Å². The molecule has 0 unspecified atom stereocenters. The fourth-order valence-corrected chi connectivity index (χ4v) is 2.45. The van der Waals surface area contributed by atoms with Crippen LogP contribution in [0, 0.1) is 11.3 Å². The Balaban J connectivity index is 2.03. The van der Waals surface area contributed by atoms with Gasteiger partial charge in [0.2, 0.25) is 0 Å². The van der Waals surface area contributed by atoms with E-state index in [-0.39, 0.29) is 16.9 Å². The highest BCUT2D eigenvalue weighted by atomic mass is 16.5. The lowest BCUT2D eigenvalue weighted by Gasteiger charge is -2.11. The Kier molecular flexibility index (Phi) is 4.44. The van der Waals surface area contributed by atoms with Gasteiger partial charge in [-0.1, -0.05) is 30.3 Å². The number of fused-ring (bicyclic) bond motifs is 1. The van der Waals surface area contributed by atoms with Crippen LogP contribution in [-0.4, -0.2) is 19.0 Å². The zero-order valence-electron chi connectivity index (χ0n) is 13.4. The third-order valence-electron chi connectivity index (χ3n) is 3.68. The maximum absolute atomic E-state index is 12.4. The van der Waals surface area contributed by atoms with Gasteiger partial charge in [-0.15, -0.1) is 0 Å². The molecule has 5 nitrogen and oxygen atoms in total. The second-order valence-electron chi connectivity index (χ2n) is 5.27. The Morgan fingerprint density at radius 1 is 0.920 bits per heavy atom. The Morgan fingerprint density at radius 3 is 2.32 bits per heavy atom. The lowest BCUT2D eigenvalue weighted by molar-refractivity contribution is 0.0593. The molecule has 0 N–H and O–H groups in total. The molecular weight excluding hydrogens is 318 g/mol. The number of hydrogen-bond donors (Lipinski definition) is 0. The van der Waals surface area contributed by atoms with Crippen molar-refractivity contribution in [1.29, 1.82) is 5.26 Å². The summed E-state index contributed by atoms with van der Waals surface area (Å²) in [5, 5.41) is 10.6. The number of benzene rings is 3. The average molecular weight is 331 g/mol. The van der Waals surface area contributed by atoms with Gasteiger partial charge in [0.15, 0.2) is 0 Å². The van der Waals surface area contributed by atoms with Crippen LogP contribution in [0.2, 0.25) is 0 Å². The molecule has 3 aromatic carbocycles. The summed E-state index contributed by atoms with van der Waals surface area (Å²) in [5.74, 6) is -1.14. The SMILES string of the molecule is COC(=O)c1cc2ccccc2cc1OC(=O)c1cccc(C#N)c1. The molecule has 122 valence electrons. The van der Waals surface area contributed by atoms with Gasteiger partial charge in [-0.25, -0.2) is 9.59 Å². The summed E-state index contributed by atoms with van der Waals surface area (Å²) in [5.41, 5.74) is 0.732. The Labute approximate surface area is 144 Å². The molecule has 5 heteroatoms. The molecule has 0 saturated carbocycles. The van der Waals surface area contributed by atoms with Gasteiger partial charge >= 0.3 is 11.9 Å². The van der Waals surface area contributed by atoms with Crippen LogP contribution in [-0.2, 0) is 4.74 Å². The van der Waals surface area contributed by atoms with Crippen LogP contribution in [0.3, 0.4) is 0 Å². The first-order valence-corrected chi connectivity index (χ1v) is 7.46. The lowest BCUT2D eigenvalue weighted by atomic mass is 10.1. The summed E-state index contributed by atoms with van der Waals surface area (Å²) in [6, 6.07) is 18.8. The fraction of sp³-hybridized carbons (Fsp3) is 0.0500. The van der Waals surface area contributed by atoms with Crippen LogP contribution >= 0.6 is 0 Å². The van der Waals surface area contributed by atoms with Crippen LogP contribution < -0.4 is 4.74 Å². The number of carbonyl (C=O) groups is 2. The van der Waals surface area contributed by atoms with Crippen molar-refractivity contribution in [3.8, 4) is 11.8 Å². The molecule has 0 heterocycles. The standard InChI is InChI=1S/C20H13NO4/c1-24-20(23)17-10-14-6-2-3-7-15(14)11-18(17)25-19(22)16-8-4-5-13(9-16)12-21/h2-11H,1H3. The first-order valence-electron chi connectivity index (χ1n) is 7.46. The second-order valence-corrected chi connectivity index (χ2v) is 5.27. The Morgan fingerprint density at radius 2 is 1.64 bits per heavy atom. The van der Waals surface area contributed by atoms with Crippen molar-refractivity contribution in [3.63, 3.8) is 0 Å². The number of carbonyl (C=O) groups excluding carboxylic acids is 2. The van der Waals surface area contributed by atoms with Crippen LogP contribution in [0.5, 0.6) is 5.75 Å². The molecule has 0 radical (unpaired) electrons. The summed E-state index contributed by atoms with van der Waals surface area (Å²) in [6.07, 6.45) is 0. The molecule has 25 heavy (non-hydrogen) atoms. The molecule has 0 aliphatic carbocycles. The molecule has 3 aromatic rings. The van der Waals surface area contributed by atoms with E-state index < -0.39 is 11.9 Å². The van der Waals surface area contributed by atoms with Crippen LogP contribution in [0.25, 0.3) is 10.8 Å². The van der Waals surface area contributed by atoms with E-state index in [4.69, 9.17) is 14.7 Å². The Bertz CT molecular complexity index is 1020. The van der Waals surface area contributed by atoms with Crippen molar-refractivity contribution in [3.05, 3.63) is 77.4 Å². The van der Waals surface area contributed by atoms with E-state index in [1.807, 2.05) is 30.3 Å². The van der Waals surface area contributed by atoms with E-state index in [0.29, 0.717) is 5.56 Å². The number of nitrogens with zero attached hydrogens (tertiary/aromatic N) is 1. The van der Waals surface area contributed by atoms with E-state index in [0.717, 1.165) is 10.8 Å². The number of ether oxygens (including phenoxy) is 2. The summed E-state index contributed by atoms with van der Waals surface area (Å²) >= 11 is 0. The molecule has 0 bridgehead atoms. The zero-order valence-corrected chi connectivity index (χ0v) is 13.4. The van der Waals surface area contributed by atoms with Crippen LogP contribution in [0.4, 0.5) is 0 Å². The summed E-state index contributed by atoms with van der Waals surface area (Å²) in [4.78, 5) is 24.4. The lowest BCUT2D eigenvalue weighted by Crippen LogP contribution is -2.12. The number of methoxy groups -OCH3 is 1. The molecule has 3 rings (SSSR count). The van der Waals surface area contributed by atoms with E-state index in [1.165, 1.54) is 13.2 Å². The monoisotopic (exact) mass is 331 g/mol. The molecule has 0 atom stereocenters. The van der Waals surface area contributed by atoms with Gasteiger partial charge in [-0.05, 0) is 41.1 Å². The first kappa shape index (κ1) is 16.2. The molecular formula is C20H13NO4. The number of esters is 2. The minimum Gasteiger partial charge on any atom is -0.465 e. The zero-order chi connectivity index (χ0) is 17.8. The van der Waals surface area contributed by atoms with E-state index in [2.05, 4.69) is 0 Å². The molecule has 0 aliphatic heterocycles. The van der Waals surface area contributed by atoms with Gasteiger partial charge in [0.05, 0.1) is 24.3 Å². The molecule has 0 spiro atoms. The van der Waals surface area contributed by atoms with Crippen molar-refractivity contribution in [2.75, 3.05) is 7.11 Å². The third-order valence-corrected chi connectivity index (χ3v) is 3.68. The summed E-state index contributed by atoms with van der Waals surface area (Å²) in [6.45, 7) is 0. The summed E-state index contributed by atoms with van der Waals surface area (Å²) < 4.78 is 10.2. The minimum atomic E-state index is -0.655. The molecule has 0 amide bonds. The first-order chi connectivity index (χ1) is 12.1. The highest BCUT2D eigenvalue weighted by Crippen LogP contribution is 2.27. The Hall–Kier alpha value is -3.65. The quantitative estimate of drug-likeness (QED) is 0.540. The van der Waals surface area contributed by atoms with Gasteiger partial charge in [0, 0.05) is 0 Å².